The van der Waals surface area contributed by atoms with E-state index in [9.17, 15) is 29.2 Å². The summed E-state index contributed by atoms with van der Waals surface area (Å²) in [6.07, 6.45) is 7.83. The molecule has 0 bridgehead atoms. The van der Waals surface area contributed by atoms with Gasteiger partial charge in [0, 0.05) is 74.6 Å². The van der Waals surface area contributed by atoms with Gasteiger partial charge in [-0.1, -0.05) is 0 Å². The molecule has 9 rings (SSSR count). The third-order valence-corrected chi connectivity index (χ3v) is 13.3. The first-order chi connectivity index (χ1) is 30.1. The van der Waals surface area contributed by atoms with Crippen LogP contribution < -0.4 is 25.2 Å². The molecule has 0 spiro atoms. The highest BCUT2D eigenvalue weighted by Crippen LogP contribution is 2.34. The van der Waals surface area contributed by atoms with Gasteiger partial charge in [0.1, 0.15) is 23.7 Å². The molecule has 4 aliphatic heterocycles. The van der Waals surface area contributed by atoms with Crippen LogP contribution in [0.15, 0.2) is 66.9 Å². The van der Waals surface area contributed by atoms with Gasteiger partial charge in [-0.25, -0.2) is 4.39 Å². The fourth-order valence-electron chi connectivity index (χ4n) is 9.73. The number of benzene rings is 3. The Morgan fingerprint density at radius 3 is 2.37 bits per heavy atom. The van der Waals surface area contributed by atoms with Crippen molar-refractivity contribution in [2.75, 3.05) is 55.6 Å². The number of rotatable bonds is 10. The van der Waals surface area contributed by atoms with Crippen LogP contribution in [0.2, 0.25) is 0 Å². The molecule has 320 valence electrons. The number of nitrogens with one attached hydrogen (secondary N) is 2. The number of anilines is 2. The van der Waals surface area contributed by atoms with Gasteiger partial charge in [-0.05, 0) is 124 Å². The highest BCUT2D eigenvalue weighted by molar-refractivity contribution is 6.23. The summed E-state index contributed by atoms with van der Waals surface area (Å²) in [7, 11) is 0. The summed E-state index contributed by atoms with van der Waals surface area (Å²) in [6.45, 7) is 5.75. The summed E-state index contributed by atoms with van der Waals surface area (Å²) in [5, 5.41) is 15.6. The monoisotopic (exact) mass is 840 g/mol. The highest BCUT2D eigenvalue weighted by atomic mass is 19.1. The molecule has 5 aliphatic rings. The van der Waals surface area contributed by atoms with Gasteiger partial charge in [-0.2, -0.15) is 5.26 Å². The van der Waals surface area contributed by atoms with Gasteiger partial charge < -0.3 is 19.9 Å². The number of piperidine rings is 2. The van der Waals surface area contributed by atoms with Crippen molar-refractivity contribution in [2.24, 2.45) is 5.92 Å². The van der Waals surface area contributed by atoms with E-state index in [0.717, 1.165) is 107 Å². The summed E-state index contributed by atoms with van der Waals surface area (Å²) in [6, 6.07) is 18.5. The molecule has 4 fully saturated rings. The van der Waals surface area contributed by atoms with E-state index < -0.39 is 29.7 Å². The Bertz CT molecular complexity index is 2470. The standard InChI is InChI=1S/C47H49FN8O6/c48-38-26-30(44(58)51-32-5-8-34(9-6-32)62-41-13-4-31(28-49)43-36(41)2-1-18-50-43)3-11-39(38)55-20-16-29(17-21-55)15-19-53-22-24-54(25-23-53)33-7-10-35-37(27-33)47(61)56(46(35)60)40-12-14-42(57)52-45(40)59/h1-4,7,10-11,13,18,26-27,29,32,34,40H,5-6,8-9,12,14-17,19-25H2,(H,51,58)(H,52,57,59). The molecule has 4 aromatic rings. The molecule has 5 amide bonds. The van der Waals surface area contributed by atoms with Crippen LogP contribution in [0.1, 0.15) is 94.4 Å². The van der Waals surface area contributed by atoms with Crippen molar-refractivity contribution in [3.63, 3.8) is 0 Å². The number of halogens is 1. The minimum atomic E-state index is -0.985. The van der Waals surface area contributed by atoms with Crippen molar-refractivity contribution in [3.05, 3.63) is 94.9 Å². The first-order valence-corrected chi connectivity index (χ1v) is 21.8. The Labute approximate surface area is 359 Å². The van der Waals surface area contributed by atoms with Gasteiger partial charge in [-0.15, -0.1) is 0 Å². The lowest BCUT2D eigenvalue weighted by atomic mass is 9.92. The largest absolute Gasteiger partial charge is 0.490 e. The molecule has 1 atom stereocenters. The van der Waals surface area contributed by atoms with Gasteiger partial charge in [0.25, 0.3) is 17.7 Å². The highest BCUT2D eigenvalue weighted by Gasteiger charge is 2.45. The number of ether oxygens (including phenoxy) is 1. The molecule has 2 N–H and O–H groups in total. The van der Waals surface area contributed by atoms with Gasteiger partial charge in [0.15, 0.2) is 0 Å². The zero-order chi connectivity index (χ0) is 42.9. The molecule has 1 saturated carbocycles. The third-order valence-electron chi connectivity index (χ3n) is 13.3. The Balaban J connectivity index is 0.697. The predicted octanol–water partition coefficient (Wildman–Crippen LogP) is 5.20. The van der Waals surface area contributed by atoms with E-state index >= 15 is 4.39 Å². The first kappa shape index (κ1) is 41.0. The number of aromatic nitrogens is 1. The first-order valence-electron chi connectivity index (χ1n) is 21.8. The van der Waals surface area contributed by atoms with Crippen molar-refractivity contribution >= 4 is 51.8 Å². The van der Waals surface area contributed by atoms with Crippen LogP contribution in [0, 0.1) is 23.1 Å². The summed E-state index contributed by atoms with van der Waals surface area (Å²) >= 11 is 0. The second-order valence-corrected chi connectivity index (χ2v) is 17.1. The molecule has 62 heavy (non-hydrogen) atoms. The molecule has 14 nitrogen and oxygen atoms in total. The van der Waals surface area contributed by atoms with Crippen LogP contribution in [0.25, 0.3) is 10.9 Å². The summed E-state index contributed by atoms with van der Waals surface area (Å²) in [5.41, 5.74) is 3.40. The molecule has 3 aromatic carbocycles. The van der Waals surface area contributed by atoms with Crippen molar-refractivity contribution < 1.29 is 33.1 Å². The number of hydrogen-bond acceptors (Lipinski definition) is 11. The number of imide groups is 2. The number of piperazine rings is 1. The molecular formula is C47H49FN8O6. The SMILES string of the molecule is N#Cc1ccc(OC2CCC(NC(=O)c3ccc(N4CCC(CCN5CCN(c6ccc7c(c6)C(=O)N(C6CCC(=O)NC6=O)C7=O)CC5)CC4)c(F)c3)CC2)c2cccnc12. The zero-order valence-electron chi connectivity index (χ0n) is 34.5. The summed E-state index contributed by atoms with van der Waals surface area (Å²) in [4.78, 5) is 75.8. The van der Waals surface area contributed by atoms with E-state index in [1.54, 1.807) is 36.5 Å². The van der Waals surface area contributed by atoms with Gasteiger partial charge in [-0.3, -0.25) is 44.1 Å². The average molecular weight is 841 g/mol. The van der Waals surface area contributed by atoms with Crippen LogP contribution >= 0.6 is 0 Å². The fraction of sp³-hybridized carbons (Fsp3) is 0.426. The zero-order valence-corrected chi connectivity index (χ0v) is 34.5. The van der Waals surface area contributed by atoms with Crippen LogP contribution in [0.5, 0.6) is 5.75 Å². The molecule has 15 heteroatoms. The van der Waals surface area contributed by atoms with E-state index in [0.29, 0.717) is 39.6 Å². The quantitative estimate of drug-likeness (QED) is 0.202. The van der Waals surface area contributed by atoms with Crippen molar-refractivity contribution in [2.45, 2.75) is 76.0 Å². The normalized spacial score (nSPS) is 22.4. The number of fused-ring (bicyclic) bond motifs is 2. The third kappa shape index (κ3) is 8.31. The van der Waals surface area contributed by atoms with Gasteiger partial charge >= 0.3 is 0 Å². The summed E-state index contributed by atoms with van der Waals surface area (Å²) < 4.78 is 21.9. The maximum Gasteiger partial charge on any atom is 0.262 e. The number of carbonyl (C=O) groups excluding carboxylic acids is 5. The van der Waals surface area contributed by atoms with Crippen LogP contribution in [-0.2, 0) is 9.59 Å². The molecule has 1 aliphatic carbocycles. The average Bonchev–Trinajstić information content (AvgIpc) is 3.54. The van der Waals surface area contributed by atoms with E-state index in [1.807, 2.05) is 24.3 Å². The molecule has 1 unspecified atom stereocenters. The van der Waals surface area contributed by atoms with Gasteiger partial charge in [0.2, 0.25) is 11.8 Å². The fourth-order valence-corrected chi connectivity index (χ4v) is 9.73. The van der Waals surface area contributed by atoms with Crippen LogP contribution in [-0.4, -0.2) is 108 Å². The Kier molecular flexibility index (Phi) is 11.6. The maximum absolute atomic E-state index is 15.5. The number of amides is 5. The van der Waals surface area contributed by atoms with E-state index in [-0.39, 0.29) is 42.3 Å². The molecule has 5 heterocycles. The number of nitrogens with zero attached hydrogens (tertiary/aromatic N) is 6. The number of hydrogen-bond donors (Lipinski definition) is 2. The molecule has 0 radical (unpaired) electrons. The van der Waals surface area contributed by atoms with Crippen LogP contribution in [0.4, 0.5) is 15.8 Å². The number of pyridine rings is 1. The predicted molar refractivity (Wildman–Crippen MR) is 228 cm³/mol. The molecule has 1 aromatic heterocycles. The summed E-state index contributed by atoms with van der Waals surface area (Å²) in [5.74, 6) is -1.45. The van der Waals surface area contributed by atoms with Crippen molar-refractivity contribution in [1.29, 1.82) is 5.26 Å². The Morgan fingerprint density at radius 2 is 1.63 bits per heavy atom. The Hall–Kier alpha value is -6.40. The second-order valence-electron chi connectivity index (χ2n) is 17.1. The minimum Gasteiger partial charge on any atom is -0.490 e. The lowest BCUT2D eigenvalue weighted by Crippen LogP contribution is -2.54. The van der Waals surface area contributed by atoms with Crippen LogP contribution in [0.3, 0.4) is 0 Å². The molecule has 3 saturated heterocycles. The minimum absolute atomic E-state index is 0.0199. The smallest absolute Gasteiger partial charge is 0.262 e. The van der Waals surface area contributed by atoms with E-state index in [4.69, 9.17) is 4.74 Å². The lowest BCUT2D eigenvalue weighted by molar-refractivity contribution is -0.136. The lowest BCUT2D eigenvalue weighted by Gasteiger charge is -2.38. The number of carbonyl (C=O) groups is 5. The topological polar surface area (TPSA) is 168 Å². The maximum atomic E-state index is 15.5. The second kappa shape index (κ2) is 17.5. The Morgan fingerprint density at radius 1 is 0.855 bits per heavy atom. The molecular weight excluding hydrogens is 792 g/mol. The van der Waals surface area contributed by atoms with E-state index in [2.05, 4.69) is 36.4 Å². The number of nitriles is 1. The van der Waals surface area contributed by atoms with E-state index in [1.165, 1.54) is 6.07 Å². The van der Waals surface area contributed by atoms with Crippen molar-refractivity contribution in [1.82, 2.24) is 25.4 Å². The van der Waals surface area contributed by atoms with Crippen molar-refractivity contribution in [3.8, 4) is 11.8 Å². The van der Waals surface area contributed by atoms with Gasteiger partial charge in [0.05, 0.1) is 34.0 Å².